The summed E-state index contributed by atoms with van der Waals surface area (Å²) < 4.78 is 5.05. The first kappa shape index (κ1) is 19.8. The Morgan fingerprint density at radius 3 is 2.50 bits per heavy atom. The number of aromatic amines is 1. The quantitative estimate of drug-likeness (QED) is 0.418. The molecule has 7 nitrogen and oxygen atoms in total. The SMILES string of the molecule is COc1ccc(C(=O)Nc2c(N)nc(SCc3ccc(Cl)cc3)[nH]c2=O)cc1. The number of anilines is 2. The van der Waals surface area contributed by atoms with E-state index in [4.69, 9.17) is 22.1 Å². The van der Waals surface area contributed by atoms with Crippen LogP contribution in [0.4, 0.5) is 11.5 Å². The van der Waals surface area contributed by atoms with Gasteiger partial charge in [0, 0.05) is 16.3 Å². The second-order valence-corrected chi connectivity index (χ2v) is 7.13. The van der Waals surface area contributed by atoms with Crippen LogP contribution in [0, 0.1) is 0 Å². The van der Waals surface area contributed by atoms with Gasteiger partial charge in [-0.2, -0.15) is 0 Å². The van der Waals surface area contributed by atoms with Crippen molar-refractivity contribution in [3.63, 3.8) is 0 Å². The lowest BCUT2D eigenvalue weighted by molar-refractivity contribution is 0.102. The number of nitrogens with two attached hydrogens (primary N) is 1. The van der Waals surface area contributed by atoms with Crippen LogP contribution in [0.15, 0.2) is 58.5 Å². The highest BCUT2D eigenvalue weighted by Crippen LogP contribution is 2.22. The summed E-state index contributed by atoms with van der Waals surface area (Å²) >= 11 is 7.18. The summed E-state index contributed by atoms with van der Waals surface area (Å²) in [4.78, 5) is 31.5. The summed E-state index contributed by atoms with van der Waals surface area (Å²) in [6.45, 7) is 0. The van der Waals surface area contributed by atoms with E-state index in [2.05, 4.69) is 15.3 Å². The number of rotatable bonds is 6. The number of nitrogens with one attached hydrogen (secondary N) is 2. The van der Waals surface area contributed by atoms with Crippen molar-refractivity contribution in [3.05, 3.63) is 75.0 Å². The minimum absolute atomic E-state index is 0.0517. The molecule has 1 heterocycles. The Morgan fingerprint density at radius 1 is 1.21 bits per heavy atom. The highest BCUT2D eigenvalue weighted by Gasteiger charge is 2.14. The summed E-state index contributed by atoms with van der Waals surface area (Å²) in [5.41, 5.74) is 6.66. The number of hydrogen-bond acceptors (Lipinski definition) is 6. The van der Waals surface area contributed by atoms with Crippen LogP contribution in [0.1, 0.15) is 15.9 Å². The van der Waals surface area contributed by atoms with Gasteiger partial charge in [0.25, 0.3) is 11.5 Å². The molecule has 0 bridgehead atoms. The molecule has 0 radical (unpaired) electrons. The largest absolute Gasteiger partial charge is 0.497 e. The Balaban J connectivity index is 1.71. The topological polar surface area (TPSA) is 110 Å². The van der Waals surface area contributed by atoms with Gasteiger partial charge in [-0.1, -0.05) is 35.5 Å². The molecule has 0 spiro atoms. The number of aromatic nitrogens is 2. The number of H-pyrrole nitrogens is 1. The van der Waals surface area contributed by atoms with Crippen LogP contribution in [0.3, 0.4) is 0 Å². The van der Waals surface area contributed by atoms with Gasteiger partial charge >= 0.3 is 0 Å². The van der Waals surface area contributed by atoms with Crippen molar-refractivity contribution < 1.29 is 9.53 Å². The lowest BCUT2D eigenvalue weighted by atomic mass is 10.2. The molecule has 0 aliphatic rings. The van der Waals surface area contributed by atoms with Gasteiger partial charge in [-0.3, -0.25) is 14.6 Å². The van der Waals surface area contributed by atoms with Gasteiger partial charge in [0.05, 0.1) is 7.11 Å². The average Bonchev–Trinajstić information content (AvgIpc) is 2.70. The molecule has 9 heteroatoms. The molecular formula is C19H17ClN4O3S. The van der Waals surface area contributed by atoms with E-state index in [-0.39, 0.29) is 11.5 Å². The summed E-state index contributed by atoms with van der Waals surface area (Å²) in [5, 5.41) is 3.52. The van der Waals surface area contributed by atoms with E-state index in [0.717, 1.165) is 5.56 Å². The second kappa shape index (κ2) is 8.81. The van der Waals surface area contributed by atoms with Gasteiger partial charge in [0.1, 0.15) is 11.4 Å². The highest BCUT2D eigenvalue weighted by atomic mass is 35.5. The van der Waals surface area contributed by atoms with Crippen molar-refractivity contribution in [2.45, 2.75) is 10.9 Å². The number of methoxy groups -OCH3 is 1. The van der Waals surface area contributed by atoms with Crippen LogP contribution in [-0.2, 0) is 5.75 Å². The summed E-state index contributed by atoms with van der Waals surface area (Å²) in [6.07, 6.45) is 0. The molecule has 3 rings (SSSR count). The van der Waals surface area contributed by atoms with Crippen molar-refractivity contribution in [1.82, 2.24) is 9.97 Å². The summed E-state index contributed by atoms with van der Waals surface area (Å²) in [6, 6.07) is 13.8. The average molecular weight is 417 g/mol. The second-order valence-electron chi connectivity index (χ2n) is 5.73. The highest BCUT2D eigenvalue weighted by molar-refractivity contribution is 7.98. The maximum Gasteiger partial charge on any atom is 0.277 e. The lowest BCUT2D eigenvalue weighted by Crippen LogP contribution is -2.23. The maximum atomic E-state index is 12.3. The Kier molecular flexibility index (Phi) is 6.23. The van der Waals surface area contributed by atoms with Crippen LogP contribution in [0.25, 0.3) is 0 Å². The molecule has 3 aromatic rings. The monoisotopic (exact) mass is 416 g/mol. The van der Waals surface area contributed by atoms with Gasteiger partial charge < -0.3 is 15.8 Å². The van der Waals surface area contributed by atoms with Crippen LogP contribution < -0.4 is 21.3 Å². The molecular weight excluding hydrogens is 400 g/mol. The predicted molar refractivity (Wildman–Crippen MR) is 111 cm³/mol. The first-order valence-electron chi connectivity index (χ1n) is 8.18. The summed E-state index contributed by atoms with van der Waals surface area (Å²) in [7, 11) is 1.54. The number of carbonyl (C=O) groups is 1. The van der Waals surface area contributed by atoms with E-state index in [1.807, 2.05) is 12.1 Å². The van der Waals surface area contributed by atoms with Crippen LogP contribution >= 0.6 is 23.4 Å². The molecule has 1 amide bonds. The first-order chi connectivity index (χ1) is 13.5. The van der Waals surface area contributed by atoms with E-state index >= 15 is 0 Å². The Bertz CT molecular complexity index is 1040. The number of nitrogens with zero attached hydrogens (tertiary/aromatic N) is 1. The molecule has 144 valence electrons. The van der Waals surface area contributed by atoms with Gasteiger partial charge in [-0.25, -0.2) is 4.98 Å². The Morgan fingerprint density at radius 2 is 1.89 bits per heavy atom. The van der Waals surface area contributed by atoms with E-state index in [9.17, 15) is 9.59 Å². The normalized spacial score (nSPS) is 10.5. The van der Waals surface area contributed by atoms with Crippen LogP contribution in [0.5, 0.6) is 5.75 Å². The molecule has 0 aliphatic carbocycles. The van der Waals surface area contributed by atoms with E-state index in [1.165, 1.54) is 18.9 Å². The maximum absolute atomic E-state index is 12.3. The predicted octanol–water partition coefficient (Wildman–Crippen LogP) is 3.56. The van der Waals surface area contributed by atoms with E-state index < -0.39 is 11.5 Å². The van der Waals surface area contributed by atoms with Crippen molar-refractivity contribution in [1.29, 1.82) is 0 Å². The number of halogens is 1. The standard InChI is InChI=1S/C19H17ClN4O3S/c1-27-14-8-4-12(5-9-14)17(25)22-15-16(21)23-19(24-18(15)26)28-10-11-2-6-13(20)7-3-11/h2-9H,10H2,1H3,(H,22,25)(H3,21,23,24,26). The molecule has 0 aliphatic heterocycles. The third kappa shape index (κ3) is 4.85. The zero-order valence-corrected chi connectivity index (χ0v) is 16.4. The number of carbonyl (C=O) groups excluding carboxylic acids is 1. The fourth-order valence-electron chi connectivity index (χ4n) is 2.32. The molecule has 0 saturated carbocycles. The fourth-order valence-corrected chi connectivity index (χ4v) is 3.27. The number of hydrogen-bond donors (Lipinski definition) is 3. The van der Waals surface area contributed by atoms with Crippen LogP contribution in [0.2, 0.25) is 5.02 Å². The van der Waals surface area contributed by atoms with Crippen molar-refractivity contribution in [2.24, 2.45) is 0 Å². The fraction of sp³-hybridized carbons (Fsp3) is 0.105. The number of benzene rings is 2. The van der Waals surface area contributed by atoms with Gasteiger partial charge in [0.15, 0.2) is 11.0 Å². The lowest BCUT2D eigenvalue weighted by Gasteiger charge is -2.09. The van der Waals surface area contributed by atoms with Gasteiger partial charge in [0.2, 0.25) is 0 Å². The molecule has 0 fully saturated rings. The molecule has 2 aromatic carbocycles. The minimum atomic E-state index is -0.520. The van der Waals surface area contributed by atoms with Crippen molar-refractivity contribution in [2.75, 3.05) is 18.2 Å². The number of ether oxygens (including phenoxy) is 1. The third-order valence-electron chi connectivity index (χ3n) is 3.81. The van der Waals surface area contributed by atoms with Crippen LogP contribution in [-0.4, -0.2) is 23.0 Å². The van der Waals surface area contributed by atoms with E-state index in [1.54, 1.807) is 36.4 Å². The Hall–Kier alpha value is -2.97. The Labute approximate surface area is 170 Å². The molecule has 4 N–H and O–H groups in total. The van der Waals surface area contributed by atoms with Gasteiger partial charge in [-0.05, 0) is 42.0 Å². The number of amides is 1. The molecule has 0 saturated heterocycles. The zero-order valence-electron chi connectivity index (χ0n) is 14.9. The molecule has 0 unspecified atom stereocenters. The third-order valence-corrected chi connectivity index (χ3v) is 5.00. The summed E-state index contributed by atoms with van der Waals surface area (Å²) in [5.74, 6) is 0.682. The zero-order chi connectivity index (χ0) is 20.1. The minimum Gasteiger partial charge on any atom is -0.497 e. The van der Waals surface area contributed by atoms with E-state index in [0.29, 0.717) is 27.2 Å². The molecule has 1 aromatic heterocycles. The van der Waals surface area contributed by atoms with Gasteiger partial charge in [-0.15, -0.1) is 0 Å². The smallest absolute Gasteiger partial charge is 0.277 e. The number of thioether (sulfide) groups is 1. The van der Waals surface area contributed by atoms with Crippen molar-refractivity contribution >= 4 is 40.8 Å². The molecule has 28 heavy (non-hydrogen) atoms. The first-order valence-corrected chi connectivity index (χ1v) is 9.55. The van der Waals surface area contributed by atoms with Crippen molar-refractivity contribution in [3.8, 4) is 5.75 Å². The number of nitrogen functional groups attached to an aromatic ring is 1. The molecule has 0 atom stereocenters.